The number of benzene rings is 1. The molecule has 0 saturated heterocycles. The van der Waals surface area contributed by atoms with Crippen LogP contribution in [0.25, 0.3) is 0 Å². The van der Waals surface area contributed by atoms with Crippen LogP contribution >= 0.6 is 28.6 Å². The van der Waals surface area contributed by atoms with Crippen LogP contribution < -0.4 is 10.5 Å². The van der Waals surface area contributed by atoms with Gasteiger partial charge in [-0.2, -0.15) is 12.6 Å². The van der Waals surface area contributed by atoms with E-state index in [0.717, 1.165) is 6.07 Å². The van der Waals surface area contributed by atoms with Gasteiger partial charge >= 0.3 is 0 Å². The number of nitrogens with one attached hydrogen (secondary N) is 1. The number of thiol groups is 1. The lowest BCUT2D eigenvalue weighted by Gasteiger charge is -2.37. The molecule has 0 amide bonds. The first-order valence-corrected chi connectivity index (χ1v) is 14.0. The monoisotopic (exact) mass is 499 g/mol. The molecule has 154 valence electrons. The summed E-state index contributed by atoms with van der Waals surface area (Å²) < 4.78 is 29.5. The molecule has 0 fully saturated rings. The predicted octanol–water partition coefficient (Wildman–Crippen LogP) is 3.74. The number of rotatable bonds is 8. The van der Waals surface area contributed by atoms with Gasteiger partial charge in [-0.25, -0.2) is 13.6 Å². The number of nitrogens with zero attached hydrogens (tertiary/aromatic N) is 1. The van der Waals surface area contributed by atoms with Crippen LogP contribution in [0.2, 0.25) is 18.1 Å². The zero-order valence-corrected chi connectivity index (χ0v) is 20.2. The van der Waals surface area contributed by atoms with Gasteiger partial charge in [0.15, 0.2) is 8.32 Å². The quantitative estimate of drug-likeness (QED) is 0.216. The van der Waals surface area contributed by atoms with Crippen molar-refractivity contribution in [1.82, 2.24) is 0 Å². The van der Waals surface area contributed by atoms with Crippen LogP contribution in [0.15, 0.2) is 21.5 Å². The Bertz CT molecular complexity index is 812. The topological polar surface area (TPSA) is 125 Å². The molecule has 1 rings (SSSR count). The number of primary sulfonamides is 1. The van der Waals surface area contributed by atoms with Gasteiger partial charge < -0.3 is 9.74 Å². The Balaban J connectivity index is 3.16. The van der Waals surface area contributed by atoms with Gasteiger partial charge in [-0.15, -0.1) is 0 Å². The Labute approximate surface area is 175 Å². The maximum Gasteiger partial charge on any atom is 0.294 e. The van der Waals surface area contributed by atoms with E-state index >= 15 is 0 Å². The number of hydrogen-bond donors (Lipinski definition) is 3. The van der Waals surface area contributed by atoms with E-state index in [2.05, 4.69) is 67.7 Å². The van der Waals surface area contributed by atoms with Crippen molar-refractivity contribution in [2.45, 2.75) is 49.8 Å². The molecule has 1 atom stereocenters. The van der Waals surface area contributed by atoms with Crippen molar-refractivity contribution in [2.75, 3.05) is 17.7 Å². The summed E-state index contributed by atoms with van der Waals surface area (Å²) in [5.74, 6) is 0.370. The molecule has 1 aromatic rings. The third-order valence-electron chi connectivity index (χ3n) is 4.59. The molecular weight excluding hydrogens is 474 g/mol. The van der Waals surface area contributed by atoms with Crippen molar-refractivity contribution in [2.24, 2.45) is 5.14 Å². The summed E-state index contributed by atoms with van der Waals surface area (Å²) >= 11 is 7.50. The summed E-state index contributed by atoms with van der Waals surface area (Å²) in [6, 6.07) is 1.86. The minimum Gasteiger partial charge on any atom is -0.415 e. The lowest BCUT2D eigenvalue weighted by Crippen LogP contribution is -2.44. The molecule has 27 heavy (non-hydrogen) atoms. The van der Waals surface area contributed by atoms with E-state index in [4.69, 9.17) is 9.56 Å². The van der Waals surface area contributed by atoms with Gasteiger partial charge in [0.2, 0.25) is 10.0 Å². The normalized spacial score (nSPS) is 14.1. The Morgan fingerprint density at radius 3 is 2.37 bits per heavy atom. The predicted molar refractivity (Wildman–Crippen MR) is 117 cm³/mol. The highest BCUT2D eigenvalue weighted by molar-refractivity contribution is 9.10. The van der Waals surface area contributed by atoms with Crippen LogP contribution in [0, 0.1) is 10.1 Å². The molecule has 0 radical (unpaired) electrons. The van der Waals surface area contributed by atoms with Gasteiger partial charge in [-0.05, 0) is 40.1 Å². The fourth-order valence-electron chi connectivity index (χ4n) is 1.89. The molecule has 0 aliphatic rings. The zero-order chi connectivity index (χ0) is 21.2. The van der Waals surface area contributed by atoms with Gasteiger partial charge in [0.1, 0.15) is 5.69 Å². The van der Waals surface area contributed by atoms with Crippen LogP contribution in [0.3, 0.4) is 0 Å². The van der Waals surface area contributed by atoms with E-state index in [9.17, 15) is 18.5 Å². The average Bonchev–Trinajstić information content (AvgIpc) is 2.49. The highest BCUT2D eigenvalue weighted by Crippen LogP contribution is 2.38. The summed E-state index contributed by atoms with van der Waals surface area (Å²) in [4.78, 5) is 10.4. The third kappa shape index (κ3) is 6.43. The first-order valence-electron chi connectivity index (χ1n) is 8.12. The van der Waals surface area contributed by atoms with Crippen molar-refractivity contribution in [3.63, 3.8) is 0 Å². The average molecular weight is 501 g/mol. The summed E-state index contributed by atoms with van der Waals surface area (Å²) in [5.41, 5.74) is -0.238. The van der Waals surface area contributed by atoms with Crippen molar-refractivity contribution in [3.05, 3.63) is 26.7 Å². The largest absolute Gasteiger partial charge is 0.415 e. The van der Waals surface area contributed by atoms with Crippen molar-refractivity contribution in [1.29, 1.82) is 0 Å². The maximum atomic E-state index is 11.5. The summed E-state index contributed by atoms with van der Waals surface area (Å²) in [6.45, 7) is 10.9. The number of sulfonamides is 1. The SMILES string of the molecule is CC(C)(C)[Si](C)(C)OC[C@H](CS)Nc1c(Br)cc(S(N)(=O)=O)cc1[N+](=O)[O-]. The molecule has 0 heterocycles. The van der Waals surface area contributed by atoms with Crippen LogP contribution in [-0.2, 0) is 14.4 Å². The number of halogens is 1. The number of nitro groups is 1. The number of hydrogen-bond acceptors (Lipinski definition) is 7. The molecule has 0 unspecified atom stereocenters. The molecule has 3 N–H and O–H groups in total. The van der Waals surface area contributed by atoms with E-state index in [1.807, 2.05) is 0 Å². The van der Waals surface area contributed by atoms with E-state index in [1.54, 1.807) is 0 Å². The molecular formula is C15H26BrN3O5S2Si. The Morgan fingerprint density at radius 1 is 1.41 bits per heavy atom. The smallest absolute Gasteiger partial charge is 0.294 e. The molecule has 12 heteroatoms. The Hall–Kier alpha value is -0.663. The lowest BCUT2D eigenvalue weighted by atomic mass is 10.2. The van der Waals surface area contributed by atoms with Gasteiger partial charge in [0.05, 0.1) is 22.5 Å². The summed E-state index contributed by atoms with van der Waals surface area (Å²) in [5, 5.41) is 19.6. The minimum absolute atomic E-state index is 0.0257. The van der Waals surface area contributed by atoms with E-state index in [-0.39, 0.29) is 26.1 Å². The summed E-state index contributed by atoms with van der Waals surface area (Å²) in [7, 11) is -6.07. The zero-order valence-electron chi connectivity index (χ0n) is 15.9. The molecule has 0 saturated carbocycles. The van der Waals surface area contributed by atoms with E-state index in [1.165, 1.54) is 6.07 Å². The highest BCUT2D eigenvalue weighted by Gasteiger charge is 2.37. The van der Waals surface area contributed by atoms with Crippen LogP contribution in [-0.4, -0.2) is 40.1 Å². The molecule has 8 nitrogen and oxygen atoms in total. The number of nitro benzene ring substituents is 1. The fraction of sp³-hybridized carbons (Fsp3) is 0.600. The van der Waals surface area contributed by atoms with E-state index in [0.29, 0.717) is 12.4 Å². The molecule has 0 aromatic heterocycles. The van der Waals surface area contributed by atoms with Crippen molar-refractivity contribution in [3.8, 4) is 0 Å². The summed E-state index contributed by atoms with van der Waals surface area (Å²) in [6.07, 6.45) is 0. The third-order valence-corrected chi connectivity index (χ3v) is 11.0. The van der Waals surface area contributed by atoms with Gasteiger partial charge in [-0.3, -0.25) is 10.1 Å². The second kappa shape index (κ2) is 8.78. The maximum absolute atomic E-state index is 11.5. The van der Waals surface area contributed by atoms with Crippen LogP contribution in [0.1, 0.15) is 20.8 Å². The van der Waals surface area contributed by atoms with Crippen LogP contribution in [0.4, 0.5) is 11.4 Å². The Morgan fingerprint density at radius 2 is 1.96 bits per heavy atom. The minimum atomic E-state index is -4.07. The molecule has 0 aliphatic heterocycles. The van der Waals surface area contributed by atoms with Gasteiger partial charge in [0.25, 0.3) is 5.69 Å². The number of nitrogens with two attached hydrogens (primary N) is 1. The highest BCUT2D eigenvalue weighted by atomic mass is 79.9. The first-order chi connectivity index (χ1) is 12.1. The van der Waals surface area contributed by atoms with Gasteiger partial charge in [-0.1, -0.05) is 20.8 Å². The van der Waals surface area contributed by atoms with Gasteiger partial charge in [0, 0.05) is 16.3 Å². The number of anilines is 1. The molecule has 0 aliphatic carbocycles. The molecule has 0 bridgehead atoms. The van der Waals surface area contributed by atoms with Crippen molar-refractivity contribution >= 4 is 58.3 Å². The Kier molecular flexibility index (Phi) is 7.93. The first kappa shape index (κ1) is 24.4. The fourth-order valence-corrected chi connectivity index (χ4v) is 4.41. The molecule has 0 spiro atoms. The van der Waals surface area contributed by atoms with Crippen molar-refractivity contribution < 1.29 is 17.8 Å². The second-order valence-electron chi connectivity index (χ2n) is 7.70. The lowest BCUT2D eigenvalue weighted by molar-refractivity contribution is -0.384. The molecule has 1 aromatic carbocycles. The standard InChI is InChI=1S/C15H26BrN3O5S2Si/c1-15(2,3)27(4,5)24-8-10(9-25)18-14-12(16)6-11(26(17,22)23)7-13(14)19(20)21/h6-7,10,18,25H,8-9H2,1-5H3,(H2,17,22,23)/t10-/m1/s1. The van der Waals surface area contributed by atoms with Crippen LogP contribution in [0.5, 0.6) is 0 Å². The second-order valence-corrected chi connectivity index (χ2v) is 15.3. The van der Waals surface area contributed by atoms with E-state index < -0.39 is 29.0 Å².